The quantitative estimate of drug-likeness (QED) is 0.632. The SMILES string of the molecule is CN(C)Cc1cc(CNC(=O)CCCc2c[nH]c3ccccc23)ccc1F. The minimum absolute atomic E-state index is 0.0216. The predicted octanol–water partition coefficient (Wildman–Crippen LogP) is 4.01. The topological polar surface area (TPSA) is 48.1 Å². The van der Waals surface area contributed by atoms with Crippen LogP contribution >= 0.6 is 0 Å². The molecule has 2 aromatic carbocycles. The molecule has 3 aromatic rings. The van der Waals surface area contributed by atoms with Crippen LogP contribution in [0.3, 0.4) is 0 Å². The van der Waals surface area contributed by atoms with Crippen molar-refractivity contribution in [3.8, 4) is 0 Å². The zero-order valence-electron chi connectivity index (χ0n) is 15.9. The highest BCUT2D eigenvalue weighted by atomic mass is 19.1. The molecule has 0 aliphatic rings. The summed E-state index contributed by atoms with van der Waals surface area (Å²) in [5, 5.41) is 4.15. The number of fused-ring (bicyclic) bond motifs is 1. The Bertz CT molecular complexity index is 917. The standard InChI is InChI=1S/C22H26FN3O/c1-26(2)15-18-12-16(10-11-20(18)23)13-25-22(27)9-5-6-17-14-24-21-8-4-3-7-19(17)21/h3-4,7-8,10-12,14,24H,5-6,9,13,15H2,1-2H3,(H,25,27). The summed E-state index contributed by atoms with van der Waals surface area (Å²) in [6.45, 7) is 0.963. The number of benzene rings is 2. The van der Waals surface area contributed by atoms with Gasteiger partial charge in [0.15, 0.2) is 0 Å². The zero-order chi connectivity index (χ0) is 19.2. The molecule has 0 aliphatic carbocycles. The van der Waals surface area contributed by atoms with E-state index >= 15 is 0 Å². The van der Waals surface area contributed by atoms with E-state index in [9.17, 15) is 9.18 Å². The van der Waals surface area contributed by atoms with Crippen molar-refractivity contribution in [2.45, 2.75) is 32.4 Å². The lowest BCUT2D eigenvalue weighted by atomic mass is 10.1. The Morgan fingerprint density at radius 2 is 1.96 bits per heavy atom. The van der Waals surface area contributed by atoms with Gasteiger partial charge in [0.05, 0.1) is 0 Å². The first kappa shape index (κ1) is 19.1. The van der Waals surface area contributed by atoms with E-state index in [4.69, 9.17) is 0 Å². The second kappa shape index (κ2) is 8.82. The van der Waals surface area contributed by atoms with Crippen molar-refractivity contribution < 1.29 is 9.18 Å². The van der Waals surface area contributed by atoms with E-state index in [-0.39, 0.29) is 11.7 Å². The van der Waals surface area contributed by atoms with Crippen molar-refractivity contribution >= 4 is 16.8 Å². The number of para-hydroxylation sites is 1. The first-order valence-electron chi connectivity index (χ1n) is 9.26. The predicted molar refractivity (Wildman–Crippen MR) is 107 cm³/mol. The summed E-state index contributed by atoms with van der Waals surface area (Å²) >= 11 is 0. The van der Waals surface area contributed by atoms with Crippen LogP contribution in [0.15, 0.2) is 48.7 Å². The van der Waals surface area contributed by atoms with Gasteiger partial charge in [-0.3, -0.25) is 4.79 Å². The van der Waals surface area contributed by atoms with Crippen molar-refractivity contribution in [1.82, 2.24) is 15.2 Å². The van der Waals surface area contributed by atoms with Gasteiger partial charge in [0.2, 0.25) is 5.91 Å². The minimum Gasteiger partial charge on any atom is -0.361 e. The van der Waals surface area contributed by atoms with Crippen LogP contribution in [-0.4, -0.2) is 29.9 Å². The van der Waals surface area contributed by atoms with Gasteiger partial charge in [-0.15, -0.1) is 0 Å². The average molecular weight is 367 g/mol. The second-order valence-electron chi connectivity index (χ2n) is 7.15. The smallest absolute Gasteiger partial charge is 0.220 e. The highest BCUT2D eigenvalue weighted by Crippen LogP contribution is 2.19. The van der Waals surface area contributed by atoms with Crippen LogP contribution in [0.5, 0.6) is 0 Å². The molecule has 0 aliphatic heterocycles. The molecule has 0 fully saturated rings. The largest absolute Gasteiger partial charge is 0.361 e. The number of halogens is 1. The molecule has 142 valence electrons. The summed E-state index contributed by atoms with van der Waals surface area (Å²) in [5.74, 6) is -0.189. The molecule has 1 amide bonds. The third-order valence-electron chi connectivity index (χ3n) is 4.61. The maximum Gasteiger partial charge on any atom is 0.220 e. The van der Waals surface area contributed by atoms with Gasteiger partial charge in [-0.25, -0.2) is 4.39 Å². The monoisotopic (exact) mass is 367 g/mol. The first-order valence-corrected chi connectivity index (χ1v) is 9.26. The molecule has 0 atom stereocenters. The van der Waals surface area contributed by atoms with Crippen molar-refractivity contribution in [3.63, 3.8) is 0 Å². The molecule has 0 unspecified atom stereocenters. The number of hydrogen-bond acceptors (Lipinski definition) is 2. The summed E-state index contributed by atoms with van der Waals surface area (Å²) in [6, 6.07) is 13.2. The summed E-state index contributed by atoms with van der Waals surface area (Å²) in [7, 11) is 3.81. The van der Waals surface area contributed by atoms with Crippen LogP contribution in [0.1, 0.15) is 29.5 Å². The molecule has 0 radical (unpaired) electrons. The van der Waals surface area contributed by atoms with Gasteiger partial charge < -0.3 is 15.2 Å². The minimum atomic E-state index is -0.211. The van der Waals surface area contributed by atoms with Crippen molar-refractivity contribution in [2.24, 2.45) is 0 Å². The van der Waals surface area contributed by atoms with Crippen LogP contribution in [0, 0.1) is 5.82 Å². The molecule has 4 nitrogen and oxygen atoms in total. The number of rotatable bonds is 8. The third-order valence-corrected chi connectivity index (χ3v) is 4.61. The number of aromatic amines is 1. The molecular weight excluding hydrogens is 341 g/mol. The lowest BCUT2D eigenvalue weighted by molar-refractivity contribution is -0.121. The number of nitrogens with one attached hydrogen (secondary N) is 2. The number of nitrogens with zero attached hydrogens (tertiary/aromatic N) is 1. The molecule has 1 heterocycles. The maximum absolute atomic E-state index is 13.8. The highest BCUT2D eigenvalue weighted by Gasteiger charge is 2.08. The summed E-state index contributed by atoms with van der Waals surface area (Å²) in [5.41, 5.74) is 3.93. The van der Waals surface area contributed by atoms with Crippen LogP contribution in [-0.2, 0) is 24.3 Å². The normalized spacial score (nSPS) is 11.3. The number of carbonyl (C=O) groups excluding carboxylic acids is 1. The van der Waals surface area contributed by atoms with Crippen LogP contribution in [0.2, 0.25) is 0 Å². The maximum atomic E-state index is 13.8. The summed E-state index contributed by atoms with van der Waals surface area (Å²) in [4.78, 5) is 17.3. The van der Waals surface area contributed by atoms with E-state index in [2.05, 4.69) is 22.4 Å². The number of carbonyl (C=O) groups is 1. The van der Waals surface area contributed by atoms with E-state index in [1.807, 2.05) is 43.4 Å². The second-order valence-corrected chi connectivity index (χ2v) is 7.15. The van der Waals surface area contributed by atoms with E-state index < -0.39 is 0 Å². The number of aromatic nitrogens is 1. The van der Waals surface area contributed by atoms with Gasteiger partial charge in [-0.2, -0.15) is 0 Å². The Kier molecular flexibility index (Phi) is 6.24. The lowest BCUT2D eigenvalue weighted by Gasteiger charge is -2.12. The van der Waals surface area contributed by atoms with Gasteiger partial charge >= 0.3 is 0 Å². The Hall–Kier alpha value is -2.66. The Balaban J connectivity index is 1.47. The van der Waals surface area contributed by atoms with E-state index in [0.717, 1.165) is 23.9 Å². The summed E-state index contributed by atoms with van der Waals surface area (Å²) < 4.78 is 13.8. The van der Waals surface area contributed by atoms with Crippen LogP contribution in [0.4, 0.5) is 4.39 Å². The van der Waals surface area contributed by atoms with Crippen LogP contribution < -0.4 is 5.32 Å². The van der Waals surface area contributed by atoms with Crippen molar-refractivity contribution in [2.75, 3.05) is 14.1 Å². The molecule has 0 bridgehead atoms. The molecule has 0 saturated heterocycles. The highest BCUT2D eigenvalue weighted by molar-refractivity contribution is 5.83. The molecule has 5 heteroatoms. The van der Waals surface area contributed by atoms with Crippen LogP contribution in [0.25, 0.3) is 10.9 Å². The van der Waals surface area contributed by atoms with Gasteiger partial charge in [-0.1, -0.05) is 24.3 Å². The number of aryl methyl sites for hydroxylation is 1. The van der Waals surface area contributed by atoms with Gasteiger partial charge in [-0.05, 0) is 56.3 Å². The Morgan fingerprint density at radius 3 is 2.78 bits per heavy atom. The van der Waals surface area contributed by atoms with Gasteiger partial charge in [0.25, 0.3) is 0 Å². The molecule has 0 saturated carbocycles. The van der Waals surface area contributed by atoms with Crippen molar-refractivity contribution in [1.29, 1.82) is 0 Å². The van der Waals surface area contributed by atoms with Gasteiger partial charge in [0.1, 0.15) is 5.82 Å². The first-order chi connectivity index (χ1) is 13.0. The third kappa shape index (κ3) is 5.17. The average Bonchev–Trinajstić information content (AvgIpc) is 3.05. The number of H-pyrrole nitrogens is 1. The molecule has 1 aromatic heterocycles. The summed E-state index contributed by atoms with van der Waals surface area (Å²) in [6.07, 6.45) is 4.16. The lowest BCUT2D eigenvalue weighted by Crippen LogP contribution is -2.22. The van der Waals surface area contributed by atoms with Crippen molar-refractivity contribution in [3.05, 3.63) is 71.2 Å². The number of amides is 1. The van der Waals surface area contributed by atoms with E-state index in [1.165, 1.54) is 17.0 Å². The molecule has 27 heavy (non-hydrogen) atoms. The van der Waals surface area contributed by atoms with Gasteiger partial charge in [0, 0.05) is 42.2 Å². The van der Waals surface area contributed by atoms with E-state index in [1.54, 1.807) is 6.07 Å². The number of hydrogen-bond donors (Lipinski definition) is 2. The fourth-order valence-corrected chi connectivity index (χ4v) is 3.27. The fourth-order valence-electron chi connectivity index (χ4n) is 3.27. The molecule has 0 spiro atoms. The molecular formula is C22H26FN3O. The Morgan fingerprint density at radius 1 is 1.15 bits per heavy atom. The van der Waals surface area contributed by atoms with E-state index in [0.29, 0.717) is 25.1 Å². The molecule has 3 rings (SSSR count). The fraction of sp³-hybridized carbons (Fsp3) is 0.318. The Labute approximate surface area is 159 Å². The molecule has 2 N–H and O–H groups in total. The zero-order valence-corrected chi connectivity index (χ0v) is 15.9.